The number of hydrogen-bond donors (Lipinski definition) is 1. The number of fused-ring (bicyclic) bond motifs is 3. The summed E-state index contributed by atoms with van der Waals surface area (Å²) in [6.07, 6.45) is 0. The van der Waals surface area contributed by atoms with Crippen LogP contribution in [0.3, 0.4) is 0 Å². The summed E-state index contributed by atoms with van der Waals surface area (Å²) in [5, 5.41) is 2.27. The predicted octanol–water partition coefficient (Wildman–Crippen LogP) is 4.60. The van der Waals surface area contributed by atoms with Crippen molar-refractivity contribution in [1.82, 2.24) is 4.72 Å². The van der Waals surface area contributed by atoms with Crippen LogP contribution in [0.2, 0.25) is 5.02 Å². The number of para-hydroxylation sites is 1. The Bertz CT molecular complexity index is 1200. The van der Waals surface area contributed by atoms with Gasteiger partial charge in [-0.25, -0.2) is 13.1 Å². The Hall–Kier alpha value is -2.54. The number of benzene rings is 3. The fourth-order valence-electron chi connectivity index (χ4n) is 2.83. The molecule has 0 radical (unpaired) electrons. The van der Waals surface area contributed by atoms with Crippen molar-refractivity contribution in [2.24, 2.45) is 0 Å². The molecule has 0 aliphatic heterocycles. The van der Waals surface area contributed by atoms with Crippen LogP contribution in [0.5, 0.6) is 5.75 Å². The number of halogens is 1. The van der Waals surface area contributed by atoms with E-state index < -0.39 is 10.0 Å². The van der Waals surface area contributed by atoms with E-state index in [0.717, 1.165) is 16.4 Å². The molecule has 5 nitrogen and oxygen atoms in total. The molecule has 0 atom stereocenters. The standard InChI is InChI=1S/C20H16ClNO4S/c21-14-5-7-15(8-6-14)25-12-11-22-27(23,24)16-9-10-20-18(13-16)17-3-1-2-4-19(17)26-20/h1-10,13,22H,11-12H2. The third kappa shape index (κ3) is 3.78. The zero-order chi connectivity index (χ0) is 18.9. The summed E-state index contributed by atoms with van der Waals surface area (Å²) >= 11 is 5.82. The van der Waals surface area contributed by atoms with Gasteiger partial charge in [0.05, 0.1) is 4.90 Å². The molecule has 0 unspecified atom stereocenters. The lowest BCUT2D eigenvalue weighted by Crippen LogP contribution is -2.28. The molecular formula is C20H16ClNO4S. The van der Waals surface area contributed by atoms with Crippen LogP contribution < -0.4 is 9.46 Å². The molecular weight excluding hydrogens is 386 g/mol. The van der Waals surface area contributed by atoms with E-state index in [0.29, 0.717) is 16.4 Å². The molecule has 0 bridgehead atoms. The van der Waals surface area contributed by atoms with Crippen molar-refractivity contribution in [3.8, 4) is 5.75 Å². The molecule has 138 valence electrons. The van der Waals surface area contributed by atoms with E-state index >= 15 is 0 Å². The van der Waals surface area contributed by atoms with E-state index in [-0.39, 0.29) is 18.0 Å². The molecule has 0 spiro atoms. The topological polar surface area (TPSA) is 68.5 Å². The minimum atomic E-state index is -3.65. The van der Waals surface area contributed by atoms with Gasteiger partial charge in [0.25, 0.3) is 0 Å². The van der Waals surface area contributed by atoms with Crippen LogP contribution in [0.1, 0.15) is 0 Å². The smallest absolute Gasteiger partial charge is 0.240 e. The largest absolute Gasteiger partial charge is 0.492 e. The van der Waals surface area contributed by atoms with Gasteiger partial charge in [-0.15, -0.1) is 0 Å². The van der Waals surface area contributed by atoms with Gasteiger partial charge in [-0.2, -0.15) is 0 Å². The molecule has 0 saturated carbocycles. The molecule has 3 aromatic carbocycles. The predicted molar refractivity (Wildman–Crippen MR) is 106 cm³/mol. The van der Waals surface area contributed by atoms with Crippen molar-refractivity contribution < 1.29 is 17.6 Å². The minimum Gasteiger partial charge on any atom is -0.492 e. The van der Waals surface area contributed by atoms with Gasteiger partial charge in [0.15, 0.2) is 0 Å². The maximum absolute atomic E-state index is 12.6. The van der Waals surface area contributed by atoms with Crippen molar-refractivity contribution in [2.45, 2.75) is 4.90 Å². The van der Waals surface area contributed by atoms with Crippen molar-refractivity contribution in [1.29, 1.82) is 0 Å². The molecule has 0 fully saturated rings. The molecule has 0 amide bonds. The van der Waals surface area contributed by atoms with Crippen molar-refractivity contribution >= 4 is 43.6 Å². The summed E-state index contributed by atoms with van der Waals surface area (Å²) in [4.78, 5) is 0.188. The Morgan fingerprint density at radius 3 is 2.48 bits per heavy atom. The van der Waals surface area contributed by atoms with Gasteiger partial charge in [-0.05, 0) is 48.5 Å². The van der Waals surface area contributed by atoms with E-state index in [1.165, 1.54) is 6.07 Å². The highest BCUT2D eigenvalue weighted by Gasteiger charge is 2.16. The third-order valence-corrected chi connectivity index (χ3v) is 5.85. The number of sulfonamides is 1. The van der Waals surface area contributed by atoms with Gasteiger partial charge in [0.2, 0.25) is 10.0 Å². The Kier molecular flexibility index (Phi) is 4.78. The average molecular weight is 402 g/mol. The van der Waals surface area contributed by atoms with Gasteiger partial charge in [0, 0.05) is 22.3 Å². The number of rotatable bonds is 6. The molecule has 1 N–H and O–H groups in total. The first kappa shape index (κ1) is 17.9. The second-order valence-corrected chi connectivity index (χ2v) is 8.16. The van der Waals surface area contributed by atoms with E-state index in [4.69, 9.17) is 20.8 Å². The SMILES string of the molecule is O=S(=O)(NCCOc1ccc(Cl)cc1)c1ccc2oc3ccccc3c2c1. The van der Waals surface area contributed by atoms with Gasteiger partial charge in [0.1, 0.15) is 23.5 Å². The zero-order valence-electron chi connectivity index (χ0n) is 14.2. The highest BCUT2D eigenvalue weighted by molar-refractivity contribution is 7.89. The molecule has 1 heterocycles. The van der Waals surface area contributed by atoms with Crippen LogP contribution >= 0.6 is 11.6 Å². The normalized spacial score (nSPS) is 11.9. The Morgan fingerprint density at radius 1 is 0.926 bits per heavy atom. The number of furan rings is 1. The van der Waals surface area contributed by atoms with Gasteiger partial charge < -0.3 is 9.15 Å². The summed E-state index contributed by atoms with van der Waals surface area (Å²) in [7, 11) is -3.65. The first-order chi connectivity index (χ1) is 13.0. The van der Waals surface area contributed by atoms with E-state index in [1.807, 2.05) is 24.3 Å². The maximum Gasteiger partial charge on any atom is 0.240 e. The molecule has 7 heteroatoms. The molecule has 4 rings (SSSR count). The summed E-state index contributed by atoms with van der Waals surface area (Å²) in [5.74, 6) is 0.630. The molecule has 4 aromatic rings. The molecule has 0 aliphatic carbocycles. The van der Waals surface area contributed by atoms with Gasteiger partial charge in [-0.1, -0.05) is 29.8 Å². The summed E-state index contributed by atoms with van der Waals surface area (Å²) in [6.45, 7) is 0.354. The molecule has 0 aliphatic rings. The monoisotopic (exact) mass is 401 g/mol. The molecule has 0 saturated heterocycles. The highest BCUT2D eigenvalue weighted by atomic mass is 35.5. The van der Waals surface area contributed by atoms with E-state index in [9.17, 15) is 8.42 Å². The van der Waals surface area contributed by atoms with Crippen LogP contribution in [0, 0.1) is 0 Å². The quantitative estimate of drug-likeness (QED) is 0.479. The van der Waals surface area contributed by atoms with Gasteiger partial charge >= 0.3 is 0 Å². The molecule has 27 heavy (non-hydrogen) atoms. The van der Waals surface area contributed by atoms with E-state index in [2.05, 4.69) is 4.72 Å². The van der Waals surface area contributed by atoms with Gasteiger partial charge in [-0.3, -0.25) is 0 Å². The first-order valence-corrected chi connectivity index (χ1v) is 10.2. The van der Waals surface area contributed by atoms with Crippen LogP contribution in [-0.4, -0.2) is 21.6 Å². The first-order valence-electron chi connectivity index (χ1n) is 8.32. The summed E-state index contributed by atoms with van der Waals surface area (Å²) < 4.78 is 38.9. The van der Waals surface area contributed by atoms with Crippen LogP contribution in [0.25, 0.3) is 21.9 Å². The Morgan fingerprint density at radius 2 is 1.67 bits per heavy atom. The molecule has 1 aromatic heterocycles. The number of ether oxygens (including phenoxy) is 1. The lowest BCUT2D eigenvalue weighted by molar-refractivity contribution is 0.323. The van der Waals surface area contributed by atoms with Crippen molar-refractivity contribution in [3.63, 3.8) is 0 Å². The van der Waals surface area contributed by atoms with Crippen LogP contribution in [0.4, 0.5) is 0 Å². The second-order valence-electron chi connectivity index (χ2n) is 5.96. The summed E-state index contributed by atoms with van der Waals surface area (Å²) in [6, 6.07) is 19.3. The van der Waals surface area contributed by atoms with E-state index in [1.54, 1.807) is 36.4 Å². The Labute approximate surface area is 161 Å². The Balaban J connectivity index is 1.48. The van der Waals surface area contributed by atoms with Crippen LogP contribution in [0.15, 0.2) is 76.0 Å². The van der Waals surface area contributed by atoms with Crippen molar-refractivity contribution in [2.75, 3.05) is 13.2 Å². The second kappa shape index (κ2) is 7.23. The summed E-state index contributed by atoms with van der Waals surface area (Å²) in [5.41, 5.74) is 1.38. The lowest BCUT2D eigenvalue weighted by atomic mass is 10.1. The fraction of sp³-hybridized carbons (Fsp3) is 0.100. The van der Waals surface area contributed by atoms with Crippen molar-refractivity contribution in [3.05, 3.63) is 71.8 Å². The average Bonchev–Trinajstić information content (AvgIpc) is 3.04. The fourth-order valence-corrected chi connectivity index (χ4v) is 4.00. The number of nitrogens with one attached hydrogen (secondary N) is 1. The minimum absolute atomic E-state index is 0.148. The number of hydrogen-bond acceptors (Lipinski definition) is 4. The lowest BCUT2D eigenvalue weighted by Gasteiger charge is -2.09. The highest BCUT2D eigenvalue weighted by Crippen LogP contribution is 2.30. The third-order valence-electron chi connectivity index (χ3n) is 4.13. The zero-order valence-corrected chi connectivity index (χ0v) is 15.8. The van der Waals surface area contributed by atoms with Crippen LogP contribution in [-0.2, 0) is 10.0 Å². The maximum atomic E-state index is 12.6.